The number of urea groups is 1. The molecule has 0 radical (unpaired) electrons. The van der Waals surface area contributed by atoms with Crippen LogP contribution < -0.4 is 11.0 Å². The van der Waals surface area contributed by atoms with Crippen molar-refractivity contribution >= 4 is 17.8 Å². The zero-order valence-corrected chi connectivity index (χ0v) is 14.0. The largest absolute Gasteiger partial charge is 0.340 e. The summed E-state index contributed by atoms with van der Waals surface area (Å²) in [7, 11) is 0. The molecule has 3 N–H and O–H groups in total. The minimum absolute atomic E-state index is 0.0180. The lowest BCUT2D eigenvalue weighted by Crippen LogP contribution is -2.51. The van der Waals surface area contributed by atoms with E-state index in [2.05, 4.69) is 25.4 Å². The quantitative estimate of drug-likeness (QED) is 0.709. The summed E-state index contributed by atoms with van der Waals surface area (Å²) in [5.74, 6) is 3.03. The Hall–Kier alpha value is -1.48. The molecule has 2 fully saturated rings. The van der Waals surface area contributed by atoms with Crippen LogP contribution in [0.2, 0.25) is 0 Å². The average molecular weight is 340 g/mol. The molecule has 0 aromatic carbocycles. The fraction of sp³-hybridized carbons (Fsp3) is 0.786. The first kappa shape index (κ1) is 16.4. The van der Waals surface area contributed by atoms with Crippen molar-refractivity contribution in [1.82, 2.24) is 30.3 Å². The maximum atomic E-state index is 12.2. The lowest BCUT2D eigenvalue weighted by atomic mass is 10.0. The Morgan fingerprint density at radius 2 is 2.00 bits per heavy atom. The zero-order valence-electron chi connectivity index (χ0n) is 13.2. The first-order chi connectivity index (χ1) is 11.2. The Bertz CT molecular complexity index is 560. The van der Waals surface area contributed by atoms with E-state index in [1.54, 1.807) is 0 Å². The van der Waals surface area contributed by atoms with Crippen LogP contribution in [-0.4, -0.2) is 81.3 Å². The molecule has 23 heavy (non-hydrogen) atoms. The van der Waals surface area contributed by atoms with Crippen molar-refractivity contribution in [1.29, 1.82) is 0 Å². The Morgan fingerprint density at radius 3 is 2.65 bits per heavy atom. The number of likely N-dealkylation sites (tertiary alicyclic amines) is 1. The topological polar surface area (TPSA) is 97.1 Å². The van der Waals surface area contributed by atoms with Crippen LogP contribution in [0, 0.1) is 0 Å². The van der Waals surface area contributed by atoms with Gasteiger partial charge in [0.05, 0.1) is 0 Å². The van der Waals surface area contributed by atoms with Gasteiger partial charge in [-0.05, 0) is 12.8 Å². The van der Waals surface area contributed by atoms with E-state index in [-0.39, 0.29) is 11.7 Å². The number of H-pyrrole nitrogens is 2. The maximum absolute atomic E-state index is 12.2. The molecule has 8 nitrogen and oxygen atoms in total. The lowest BCUT2D eigenvalue weighted by molar-refractivity contribution is 0.124. The second kappa shape index (κ2) is 7.87. The van der Waals surface area contributed by atoms with E-state index in [4.69, 9.17) is 0 Å². The van der Waals surface area contributed by atoms with E-state index in [1.165, 1.54) is 24.6 Å². The summed E-state index contributed by atoms with van der Waals surface area (Å²) in [4.78, 5) is 30.1. The normalized spacial score (nSPS) is 20.6. The van der Waals surface area contributed by atoms with Gasteiger partial charge in [0.25, 0.3) is 0 Å². The van der Waals surface area contributed by atoms with Crippen LogP contribution >= 0.6 is 11.8 Å². The van der Waals surface area contributed by atoms with E-state index < -0.39 is 0 Å². The highest BCUT2D eigenvalue weighted by atomic mass is 32.2. The molecule has 3 heterocycles. The summed E-state index contributed by atoms with van der Waals surface area (Å²) >= 11 is 2.03. The predicted octanol–water partition coefficient (Wildman–Crippen LogP) is -0.137. The highest BCUT2D eigenvalue weighted by Crippen LogP contribution is 2.20. The van der Waals surface area contributed by atoms with Gasteiger partial charge in [-0.25, -0.2) is 14.7 Å². The first-order valence-corrected chi connectivity index (χ1v) is 9.36. The van der Waals surface area contributed by atoms with Gasteiger partial charge in [-0.2, -0.15) is 16.9 Å². The van der Waals surface area contributed by atoms with E-state index >= 15 is 0 Å². The molecular formula is C14H24N6O2S. The molecule has 9 heteroatoms. The van der Waals surface area contributed by atoms with E-state index in [9.17, 15) is 9.59 Å². The molecule has 128 valence electrons. The number of nitrogens with zero attached hydrogens (tertiary/aromatic N) is 3. The third-order valence-electron chi connectivity index (χ3n) is 4.50. The molecule has 0 saturated carbocycles. The maximum Gasteiger partial charge on any atom is 0.340 e. The molecule has 1 aromatic rings. The number of hydrogen-bond donors (Lipinski definition) is 3. The van der Waals surface area contributed by atoms with Gasteiger partial charge in [0.2, 0.25) is 0 Å². The Morgan fingerprint density at radius 1 is 1.26 bits per heavy atom. The number of thioether (sulfide) groups is 1. The lowest BCUT2D eigenvalue weighted by Gasteiger charge is -2.40. The molecular weight excluding hydrogens is 316 g/mol. The molecule has 0 unspecified atom stereocenters. The molecule has 1 aromatic heterocycles. The van der Waals surface area contributed by atoms with Gasteiger partial charge < -0.3 is 10.2 Å². The van der Waals surface area contributed by atoms with Gasteiger partial charge in [-0.1, -0.05) is 0 Å². The summed E-state index contributed by atoms with van der Waals surface area (Å²) in [6.07, 6.45) is 2.64. The highest BCUT2D eigenvalue weighted by molar-refractivity contribution is 7.99. The molecule has 2 saturated heterocycles. The van der Waals surface area contributed by atoms with Crippen LogP contribution in [0.3, 0.4) is 0 Å². The minimum Gasteiger partial charge on any atom is -0.338 e. The summed E-state index contributed by atoms with van der Waals surface area (Å²) in [6.45, 7) is 4.48. The standard InChI is InChI=1S/C14H24N6O2S/c21-13-16-12(17-18-13)1-4-15-14(22)20-5-2-11(3-6-20)19-7-9-23-10-8-19/h11H,1-10H2,(H,15,22)(H2,16,17,18,21). The van der Waals surface area contributed by atoms with Crippen molar-refractivity contribution in [3.05, 3.63) is 16.3 Å². The SMILES string of the molecule is O=C(NCCc1n[nH]c(=O)[nH]1)N1CCC(N2CCSCC2)CC1. The summed E-state index contributed by atoms with van der Waals surface area (Å²) < 4.78 is 0. The number of hydrogen-bond acceptors (Lipinski definition) is 5. The molecule has 2 amide bonds. The van der Waals surface area contributed by atoms with Gasteiger partial charge in [0.15, 0.2) is 0 Å². The van der Waals surface area contributed by atoms with Crippen molar-refractivity contribution in [3.8, 4) is 0 Å². The van der Waals surface area contributed by atoms with Crippen LogP contribution in [0.15, 0.2) is 4.79 Å². The van der Waals surface area contributed by atoms with Gasteiger partial charge in [-0.15, -0.1) is 0 Å². The highest BCUT2D eigenvalue weighted by Gasteiger charge is 2.27. The Balaban J connectivity index is 1.37. The molecule has 2 aliphatic rings. The van der Waals surface area contributed by atoms with Crippen LogP contribution in [0.5, 0.6) is 0 Å². The molecule has 0 atom stereocenters. The third kappa shape index (κ3) is 4.51. The fourth-order valence-electron chi connectivity index (χ4n) is 3.20. The first-order valence-electron chi connectivity index (χ1n) is 8.20. The smallest absolute Gasteiger partial charge is 0.338 e. The van der Waals surface area contributed by atoms with Crippen molar-refractivity contribution in [3.63, 3.8) is 0 Å². The van der Waals surface area contributed by atoms with E-state index in [0.29, 0.717) is 24.8 Å². The summed E-state index contributed by atoms with van der Waals surface area (Å²) in [5.41, 5.74) is -0.315. The van der Waals surface area contributed by atoms with Gasteiger partial charge in [-0.3, -0.25) is 9.88 Å². The number of amides is 2. The van der Waals surface area contributed by atoms with Gasteiger partial charge in [0.1, 0.15) is 5.82 Å². The summed E-state index contributed by atoms with van der Waals surface area (Å²) in [5, 5.41) is 9.04. The number of aromatic nitrogens is 3. The fourth-order valence-corrected chi connectivity index (χ4v) is 4.13. The second-order valence-electron chi connectivity index (χ2n) is 5.97. The third-order valence-corrected chi connectivity index (χ3v) is 5.44. The van der Waals surface area contributed by atoms with Crippen LogP contribution in [0.4, 0.5) is 4.79 Å². The zero-order chi connectivity index (χ0) is 16.1. The van der Waals surface area contributed by atoms with Gasteiger partial charge >= 0.3 is 11.7 Å². The summed E-state index contributed by atoms with van der Waals surface area (Å²) in [6, 6.07) is 0.615. The second-order valence-corrected chi connectivity index (χ2v) is 7.20. The molecule has 0 bridgehead atoms. The van der Waals surface area contributed by atoms with Crippen LogP contribution in [0.25, 0.3) is 0 Å². The molecule has 0 spiro atoms. The Kier molecular flexibility index (Phi) is 5.60. The Labute approximate surface area is 139 Å². The van der Waals surface area contributed by atoms with Crippen molar-refractivity contribution in [2.75, 3.05) is 44.2 Å². The van der Waals surface area contributed by atoms with E-state index in [1.807, 2.05) is 16.7 Å². The molecule has 3 rings (SSSR count). The predicted molar refractivity (Wildman–Crippen MR) is 89.8 cm³/mol. The van der Waals surface area contributed by atoms with E-state index in [0.717, 1.165) is 25.9 Å². The van der Waals surface area contributed by atoms with Crippen molar-refractivity contribution in [2.45, 2.75) is 25.3 Å². The number of carbonyl (C=O) groups is 1. The minimum atomic E-state index is -0.315. The monoisotopic (exact) mass is 340 g/mol. The number of rotatable bonds is 4. The number of aromatic amines is 2. The number of nitrogens with one attached hydrogen (secondary N) is 3. The number of carbonyl (C=O) groups excluding carboxylic acids is 1. The molecule has 2 aliphatic heterocycles. The van der Waals surface area contributed by atoms with Crippen molar-refractivity contribution in [2.24, 2.45) is 0 Å². The van der Waals surface area contributed by atoms with Crippen LogP contribution in [0.1, 0.15) is 18.7 Å². The average Bonchev–Trinajstić information content (AvgIpc) is 3.01. The number of piperidine rings is 1. The van der Waals surface area contributed by atoms with Crippen molar-refractivity contribution < 1.29 is 4.79 Å². The molecule has 0 aliphatic carbocycles. The van der Waals surface area contributed by atoms with Crippen LogP contribution in [-0.2, 0) is 6.42 Å². The van der Waals surface area contributed by atoms with Gasteiger partial charge in [0, 0.05) is 56.7 Å².